The van der Waals surface area contributed by atoms with Crippen molar-refractivity contribution in [3.05, 3.63) is 0 Å². The van der Waals surface area contributed by atoms with Crippen LogP contribution in [0.25, 0.3) is 0 Å². The van der Waals surface area contributed by atoms with E-state index in [2.05, 4.69) is 20.8 Å². The van der Waals surface area contributed by atoms with E-state index in [-0.39, 0.29) is 31.1 Å². The smallest absolute Gasteiger partial charge is 0 e. The molecule has 0 bridgehead atoms. The average molecular weight is 453 g/mol. The van der Waals surface area contributed by atoms with E-state index in [0.717, 1.165) is 37.7 Å². The van der Waals surface area contributed by atoms with Gasteiger partial charge in [0.25, 0.3) is 0 Å². The summed E-state index contributed by atoms with van der Waals surface area (Å²) in [5, 5.41) is 0. The van der Waals surface area contributed by atoms with E-state index in [1.807, 2.05) is 0 Å². The second kappa shape index (κ2) is 12.0. The summed E-state index contributed by atoms with van der Waals surface area (Å²) >= 11 is 0. The molecular weight excluding hydrogens is 424 g/mol. The van der Waals surface area contributed by atoms with Crippen LogP contribution in [0.3, 0.4) is 0 Å². The SMILES string of the molecule is [2H]P([B])(CCCC)(CCCC)CCCC.[U]. The van der Waals surface area contributed by atoms with Crippen LogP contribution in [-0.4, -0.2) is 27.3 Å². The summed E-state index contributed by atoms with van der Waals surface area (Å²) in [7, 11) is 3.96. The van der Waals surface area contributed by atoms with Crippen molar-refractivity contribution in [2.24, 2.45) is 0 Å². The Kier molecular flexibility index (Phi) is 13.3. The molecule has 0 aliphatic carbocycles. The molecule has 0 aliphatic heterocycles. The first-order chi connectivity index (χ1) is 6.96. The van der Waals surface area contributed by atoms with Crippen molar-refractivity contribution < 1.29 is 31.1 Å². The third kappa shape index (κ3) is 10.4. The van der Waals surface area contributed by atoms with Crippen LogP contribution < -0.4 is 0 Å². The van der Waals surface area contributed by atoms with Crippen LogP contribution >= 0.6 is 7.09 Å². The van der Waals surface area contributed by atoms with Gasteiger partial charge in [0.2, 0.25) is 0 Å². The van der Waals surface area contributed by atoms with Gasteiger partial charge in [-0.25, -0.2) is 0 Å². The van der Waals surface area contributed by atoms with Gasteiger partial charge >= 0.3 is 93.7 Å². The van der Waals surface area contributed by atoms with E-state index in [0.29, 0.717) is 0 Å². The normalized spacial score (nSPS) is 14.9. The van der Waals surface area contributed by atoms with Crippen molar-refractivity contribution >= 4 is 14.7 Å². The van der Waals surface area contributed by atoms with Gasteiger partial charge in [0.1, 0.15) is 0 Å². The summed E-state index contributed by atoms with van der Waals surface area (Å²) in [5.41, 5.74) is 0. The maximum absolute atomic E-state index is 8.69. The summed E-state index contributed by atoms with van der Waals surface area (Å²) in [6, 6.07) is 0. The number of hydrogen-bond donors (Lipinski definition) is 0. The van der Waals surface area contributed by atoms with E-state index in [4.69, 9.17) is 8.84 Å². The molecule has 0 aromatic rings. The van der Waals surface area contributed by atoms with E-state index >= 15 is 0 Å². The molecule has 15 heavy (non-hydrogen) atoms. The molecule has 0 saturated carbocycles. The van der Waals surface area contributed by atoms with Crippen LogP contribution in [0.15, 0.2) is 0 Å². The van der Waals surface area contributed by atoms with Gasteiger partial charge in [-0.05, 0) is 0 Å². The molecule has 2 radical (unpaired) electrons. The molecule has 88 valence electrons. The molecule has 0 spiro atoms. The molecule has 0 aromatic carbocycles. The van der Waals surface area contributed by atoms with Crippen molar-refractivity contribution in [1.82, 2.24) is 0 Å². The van der Waals surface area contributed by atoms with Crippen LogP contribution in [0.4, 0.5) is 0 Å². The van der Waals surface area contributed by atoms with Gasteiger partial charge in [-0.15, -0.1) is 0 Å². The van der Waals surface area contributed by atoms with Crippen molar-refractivity contribution in [3.63, 3.8) is 0 Å². The number of unbranched alkanes of at least 4 members (excludes halogenated alkanes) is 3. The minimum atomic E-state index is -2.53. The molecule has 0 aromatic heterocycles. The Morgan fingerprint density at radius 2 is 1.13 bits per heavy atom. The zero-order valence-corrected chi connectivity index (χ0v) is 15.9. The van der Waals surface area contributed by atoms with Gasteiger partial charge < -0.3 is 0 Å². The molecule has 0 atom stereocenters. The first-order valence-electron chi connectivity index (χ1n) is 6.78. The number of hydrogen-bond acceptors (Lipinski definition) is 0. The monoisotopic (exact) mass is 453 g/mol. The molecule has 0 nitrogen and oxygen atoms in total. The molecule has 0 unspecified atom stereocenters. The Morgan fingerprint density at radius 3 is 1.33 bits per heavy atom. The zero-order chi connectivity index (χ0) is 11.8. The Balaban J connectivity index is 0. The summed E-state index contributed by atoms with van der Waals surface area (Å²) in [6.07, 6.45) is 9.92. The van der Waals surface area contributed by atoms with Gasteiger partial charge in [0.05, 0.1) is 0 Å². The van der Waals surface area contributed by atoms with Crippen molar-refractivity contribution in [3.8, 4) is 0 Å². The van der Waals surface area contributed by atoms with Gasteiger partial charge in [0.15, 0.2) is 0 Å². The topological polar surface area (TPSA) is 0 Å². The standard InChI is InChI=1S/C12H28BP.U/c1-4-7-10-14(13,11-8-5-2)12-9-6-3;/h14H,4-12H2,1-3H3;/i14D;. The van der Waals surface area contributed by atoms with Crippen LogP contribution in [0.5, 0.6) is 0 Å². The maximum Gasteiger partial charge on any atom is 0 e. The molecule has 0 fully saturated rings. The van der Waals surface area contributed by atoms with Crippen LogP contribution in [0.1, 0.15) is 59.3 Å². The third-order valence-corrected chi connectivity index (χ3v) is 6.49. The Morgan fingerprint density at radius 1 is 0.867 bits per heavy atom. The minimum absolute atomic E-state index is 0. The molecule has 0 heterocycles. The van der Waals surface area contributed by atoms with Crippen LogP contribution in [0.2, 0.25) is 0 Å². The molecule has 0 amide bonds. The molecular formula is C12H28BPU. The Hall–Kier alpha value is 1.55. The fourth-order valence-corrected chi connectivity index (χ4v) is 5.26. The second-order valence-electron chi connectivity index (χ2n) is 4.45. The Bertz CT molecular complexity index is 148. The molecule has 3 heteroatoms. The summed E-state index contributed by atoms with van der Waals surface area (Å²) in [4.78, 5) is 0. The van der Waals surface area contributed by atoms with E-state index in [1.165, 1.54) is 19.3 Å². The molecule has 0 N–H and O–H groups in total. The van der Waals surface area contributed by atoms with Crippen molar-refractivity contribution in [2.45, 2.75) is 59.3 Å². The van der Waals surface area contributed by atoms with Gasteiger partial charge in [-0.2, -0.15) is 0 Å². The van der Waals surface area contributed by atoms with E-state index < -0.39 is 7.09 Å². The molecule has 0 aliphatic rings. The van der Waals surface area contributed by atoms with Gasteiger partial charge in [0, 0.05) is 31.1 Å². The second-order valence-corrected chi connectivity index (χ2v) is 8.23. The van der Waals surface area contributed by atoms with Crippen molar-refractivity contribution in [1.29, 1.82) is 1.28 Å². The average Bonchev–Trinajstić information content (AvgIpc) is 2.22. The van der Waals surface area contributed by atoms with E-state index in [1.54, 1.807) is 0 Å². The predicted molar refractivity (Wildman–Crippen MR) is 73.4 cm³/mol. The summed E-state index contributed by atoms with van der Waals surface area (Å²) in [6.45, 7) is 6.57. The predicted octanol–water partition coefficient (Wildman–Crippen LogP) is 4.22. The van der Waals surface area contributed by atoms with Gasteiger partial charge in [-0.3, -0.25) is 0 Å². The molecule has 0 rings (SSSR count). The first-order valence-corrected chi connectivity index (χ1v) is 8.74. The third-order valence-electron chi connectivity index (χ3n) is 2.87. The largest absolute Gasteiger partial charge is 0 e. The van der Waals surface area contributed by atoms with Crippen LogP contribution in [0, 0.1) is 31.1 Å². The first kappa shape index (κ1) is 16.5. The quantitative estimate of drug-likeness (QED) is 0.363. The Labute approximate surface area is 124 Å². The fourth-order valence-electron chi connectivity index (χ4n) is 1.75. The molecule has 0 saturated heterocycles. The van der Waals surface area contributed by atoms with Crippen LogP contribution in [-0.2, 0) is 0 Å². The summed E-state index contributed by atoms with van der Waals surface area (Å²) in [5.74, 6) is 0. The number of rotatable bonds is 9. The van der Waals surface area contributed by atoms with Gasteiger partial charge in [-0.1, -0.05) is 0 Å². The zero-order valence-electron chi connectivity index (χ0n) is 11.9. The summed E-state index contributed by atoms with van der Waals surface area (Å²) < 4.78 is 8.69. The fraction of sp³-hybridized carbons (Fsp3) is 1.00. The van der Waals surface area contributed by atoms with Crippen molar-refractivity contribution in [2.75, 3.05) is 18.5 Å². The van der Waals surface area contributed by atoms with E-state index in [9.17, 15) is 0 Å². The minimum Gasteiger partial charge on any atom is 0 e. The maximum atomic E-state index is 8.69.